The summed E-state index contributed by atoms with van der Waals surface area (Å²) in [4.78, 5) is 0.201. The molecule has 4 rings (SSSR count). The Hall–Kier alpha value is -3.22. The van der Waals surface area contributed by atoms with E-state index in [0.717, 1.165) is 5.69 Å². The average molecular weight is 432 g/mol. The van der Waals surface area contributed by atoms with E-state index in [4.69, 9.17) is 0 Å². The largest absolute Gasteiger partial charge is 0.243 e. The Balaban J connectivity index is 1.51. The zero-order chi connectivity index (χ0) is 21.7. The minimum Gasteiger partial charge on any atom is -0.239 e. The molecule has 158 valence electrons. The fourth-order valence-electron chi connectivity index (χ4n) is 3.73. The minimum absolute atomic E-state index is 0.109. The maximum Gasteiger partial charge on any atom is 0.243 e. The maximum atomic E-state index is 13.0. The van der Waals surface area contributed by atoms with Crippen molar-refractivity contribution in [3.05, 3.63) is 114 Å². The van der Waals surface area contributed by atoms with Gasteiger partial charge in [-0.05, 0) is 36.6 Å². The van der Waals surface area contributed by atoms with E-state index in [1.165, 1.54) is 11.1 Å². The molecule has 5 nitrogen and oxygen atoms in total. The lowest BCUT2D eigenvalue weighted by Crippen LogP contribution is -2.26. The first-order valence-electron chi connectivity index (χ1n) is 10.3. The van der Waals surface area contributed by atoms with Crippen LogP contribution in [-0.4, -0.2) is 24.7 Å². The Kier molecular flexibility index (Phi) is 6.30. The smallest absolute Gasteiger partial charge is 0.239 e. The first-order chi connectivity index (χ1) is 15.0. The van der Waals surface area contributed by atoms with Crippen LogP contribution in [0.25, 0.3) is 5.69 Å². The molecule has 0 aliphatic heterocycles. The first kappa shape index (κ1) is 21.0. The molecule has 0 bridgehead atoms. The molecule has 0 atom stereocenters. The molecule has 0 unspecified atom stereocenters. The van der Waals surface area contributed by atoms with Crippen molar-refractivity contribution >= 4 is 10.0 Å². The lowest BCUT2D eigenvalue weighted by atomic mass is 9.89. The lowest BCUT2D eigenvalue weighted by Gasteiger charge is -2.18. The summed E-state index contributed by atoms with van der Waals surface area (Å²) in [5, 5.41) is 4.38. The topological polar surface area (TPSA) is 64.0 Å². The van der Waals surface area contributed by atoms with Crippen LogP contribution in [0, 0.1) is 6.92 Å². The molecule has 0 saturated carbocycles. The summed E-state index contributed by atoms with van der Waals surface area (Å²) < 4.78 is 30.3. The van der Waals surface area contributed by atoms with Gasteiger partial charge in [-0.25, -0.2) is 17.8 Å². The highest BCUT2D eigenvalue weighted by Crippen LogP contribution is 2.27. The van der Waals surface area contributed by atoms with Gasteiger partial charge in [0.05, 0.1) is 17.6 Å². The van der Waals surface area contributed by atoms with Crippen LogP contribution in [-0.2, 0) is 10.0 Å². The average Bonchev–Trinajstić information content (AvgIpc) is 3.21. The van der Waals surface area contributed by atoms with E-state index in [0.29, 0.717) is 18.7 Å². The van der Waals surface area contributed by atoms with Crippen molar-refractivity contribution in [2.75, 3.05) is 6.54 Å². The van der Waals surface area contributed by atoms with Gasteiger partial charge < -0.3 is 0 Å². The van der Waals surface area contributed by atoms with Crippen molar-refractivity contribution in [2.45, 2.75) is 24.2 Å². The fraction of sp³-hybridized carbons (Fsp3) is 0.160. The van der Waals surface area contributed by atoms with Crippen LogP contribution >= 0.6 is 0 Å². The van der Waals surface area contributed by atoms with Gasteiger partial charge in [0.15, 0.2) is 0 Å². The highest BCUT2D eigenvalue weighted by Gasteiger charge is 2.22. The summed E-state index contributed by atoms with van der Waals surface area (Å²) in [6, 6.07) is 29.8. The lowest BCUT2D eigenvalue weighted by molar-refractivity contribution is 0.574. The second-order valence-electron chi connectivity index (χ2n) is 7.42. The number of sulfonamides is 1. The second kappa shape index (κ2) is 9.29. The number of hydrogen-bond donors (Lipinski definition) is 1. The third-order valence-electron chi connectivity index (χ3n) is 5.29. The summed E-state index contributed by atoms with van der Waals surface area (Å²) in [7, 11) is -3.67. The Morgan fingerprint density at radius 1 is 0.839 bits per heavy atom. The third-order valence-corrected chi connectivity index (χ3v) is 6.86. The summed E-state index contributed by atoms with van der Waals surface area (Å²) >= 11 is 0. The molecular weight excluding hydrogens is 406 g/mol. The molecule has 3 aromatic carbocycles. The monoisotopic (exact) mass is 431 g/mol. The van der Waals surface area contributed by atoms with Crippen molar-refractivity contribution in [1.82, 2.24) is 14.5 Å². The van der Waals surface area contributed by atoms with E-state index in [2.05, 4.69) is 34.1 Å². The van der Waals surface area contributed by atoms with E-state index in [-0.39, 0.29) is 10.8 Å². The predicted octanol–water partition coefficient (Wildman–Crippen LogP) is 4.68. The predicted molar refractivity (Wildman–Crippen MR) is 123 cm³/mol. The van der Waals surface area contributed by atoms with Gasteiger partial charge in [-0.3, -0.25) is 0 Å². The van der Waals surface area contributed by atoms with E-state index in [9.17, 15) is 8.42 Å². The molecule has 0 radical (unpaired) electrons. The van der Waals surface area contributed by atoms with Gasteiger partial charge in [0.25, 0.3) is 0 Å². The molecule has 1 aromatic heterocycles. The SMILES string of the molecule is Cc1nn(-c2ccccc2)cc1S(=O)(=O)NCCC(c1ccccc1)c1ccccc1. The van der Waals surface area contributed by atoms with Gasteiger partial charge in [-0.1, -0.05) is 78.9 Å². The molecule has 1 heterocycles. The van der Waals surface area contributed by atoms with Gasteiger partial charge in [-0.15, -0.1) is 0 Å². The van der Waals surface area contributed by atoms with E-state index in [1.54, 1.807) is 17.8 Å². The van der Waals surface area contributed by atoms with Crippen molar-refractivity contribution in [3.8, 4) is 5.69 Å². The Morgan fingerprint density at radius 2 is 1.35 bits per heavy atom. The summed E-state index contributed by atoms with van der Waals surface area (Å²) in [6.07, 6.45) is 2.22. The number of aromatic nitrogens is 2. The number of benzene rings is 3. The molecule has 0 amide bonds. The number of nitrogens with zero attached hydrogens (tertiary/aromatic N) is 2. The molecule has 0 fully saturated rings. The van der Waals surface area contributed by atoms with E-state index >= 15 is 0 Å². The third kappa shape index (κ3) is 4.93. The number of hydrogen-bond acceptors (Lipinski definition) is 3. The Labute approximate surface area is 183 Å². The number of aryl methyl sites for hydroxylation is 1. The van der Waals surface area contributed by atoms with Crippen LogP contribution in [0.5, 0.6) is 0 Å². The van der Waals surface area contributed by atoms with E-state index in [1.807, 2.05) is 66.7 Å². The molecule has 0 aliphatic carbocycles. The zero-order valence-electron chi connectivity index (χ0n) is 17.3. The van der Waals surface area contributed by atoms with Crippen LogP contribution in [0.15, 0.2) is 102 Å². The fourth-order valence-corrected chi connectivity index (χ4v) is 4.94. The highest BCUT2D eigenvalue weighted by molar-refractivity contribution is 7.89. The molecule has 0 spiro atoms. The summed E-state index contributed by atoms with van der Waals surface area (Å²) in [5.74, 6) is 0.109. The summed E-state index contributed by atoms with van der Waals surface area (Å²) in [5.41, 5.74) is 3.63. The molecule has 4 aromatic rings. The van der Waals surface area contributed by atoms with Crippen LogP contribution in [0.2, 0.25) is 0 Å². The standard InChI is InChI=1S/C25H25N3O2S/c1-20-25(19-28(27-20)23-15-9-4-10-16-23)31(29,30)26-18-17-24(21-11-5-2-6-12-21)22-13-7-3-8-14-22/h2-16,19,24,26H,17-18H2,1H3. The molecule has 0 saturated heterocycles. The van der Waals surface area contributed by atoms with Gasteiger partial charge >= 0.3 is 0 Å². The normalized spacial score (nSPS) is 11.7. The van der Waals surface area contributed by atoms with E-state index < -0.39 is 10.0 Å². The number of para-hydroxylation sites is 1. The molecule has 31 heavy (non-hydrogen) atoms. The Morgan fingerprint density at radius 3 is 1.90 bits per heavy atom. The molecule has 1 N–H and O–H groups in total. The van der Waals surface area contributed by atoms with Crippen LogP contribution in [0.1, 0.15) is 29.2 Å². The highest BCUT2D eigenvalue weighted by atomic mass is 32.2. The van der Waals surface area contributed by atoms with Crippen molar-refractivity contribution in [2.24, 2.45) is 0 Å². The van der Waals surface area contributed by atoms with Gasteiger partial charge in [0.1, 0.15) is 4.90 Å². The second-order valence-corrected chi connectivity index (χ2v) is 9.15. The Bertz CT molecular complexity index is 1180. The molecule has 0 aliphatic rings. The quantitative estimate of drug-likeness (QED) is 0.441. The molecule has 6 heteroatoms. The molecular formula is C25H25N3O2S. The minimum atomic E-state index is -3.67. The zero-order valence-corrected chi connectivity index (χ0v) is 18.2. The summed E-state index contributed by atoms with van der Waals surface area (Å²) in [6.45, 7) is 2.04. The van der Waals surface area contributed by atoms with Crippen molar-refractivity contribution in [1.29, 1.82) is 0 Å². The van der Waals surface area contributed by atoms with Crippen LogP contribution in [0.3, 0.4) is 0 Å². The number of rotatable bonds is 8. The van der Waals surface area contributed by atoms with Gasteiger partial charge in [0.2, 0.25) is 10.0 Å². The number of nitrogens with one attached hydrogen (secondary N) is 1. The van der Waals surface area contributed by atoms with Crippen molar-refractivity contribution in [3.63, 3.8) is 0 Å². The van der Waals surface area contributed by atoms with Gasteiger partial charge in [0, 0.05) is 12.5 Å². The van der Waals surface area contributed by atoms with Crippen molar-refractivity contribution < 1.29 is 8.42 Å². The van der Waals surface area contributed by atoms with Crippen LogP contribution < -0.4 is 4.72 Å². The maximum absolute atomic E-state index is 13.0. The first-order valence-corrected chi connectivity index (χ1v) is 11.7. The van der Waals surface area contributed by atoms with Gasteiger partial charge in [-0.2, -0.15) is 5.10 Å². The van der Waals surface area contributed by atoms with Crippen LogP contribution in [0.4, 0.5) is 0 Å².